The second kappa shape index (κ2) is 3.51. The predicted molar refractivity (Wildman–Crippen MR) is 44.0 cm³/mol. The van der Waals surface area contributed by atoms with Gasteiger partial charge in [0.2, 0.25) is 0 Å². The first-order chi connectivity index (χ1) is 5.91. The van der Waals surface area contributed by atoms with Gasteiger partial charge in [-0.05, 0) is 13.8 Å². The Balaban J connectivity index is 2.79. The van der Waals surface area contributed by atoms with Crippen molar-refractivity contribution in [3.8, 4) is 0 Å². The molecule has 5 heteroatoms. The average molecular weight is 192 g/mol. The standard InChI is InChI=1S/C8H16O5/c1-4-8(2,11)6(10)5(9)7(12-3)13-4/h4-7,9-11H,1-3H3. The van der Waals surface area contributed by atoms with Gasteiger partial charge in [-0.1, -0.05) is 0 Å². The minimum atomic E-state index is -1.45. The summed E-state index contributed by atoms with van der Waals surface area (Å²) >= 11 is 0. The Morgan fingerprint density at radius 3 is 2.38 bits per heavy atom. The monoisotopic (exact) mass is 192 g/mol. The molecule has 0 aliphatic carbocycles. The van der Waals surface area contributed by atoms with Crippen LogP contribution in [0, 0.1) is 0 Å². The molecule has 78 valence electrons. The van der Waals surface area contributed by atoms with Crippen LogP contribution in [0.3, 0.4) is 0 Å². The van der Waals surface area contributed by atoms with E-state index in [0.29, 0.717) is 0 Å². The highest BCUT2D eigenvalue weighted by atomic mass is 16.7. The van der Waals surface area contributed by atoms with E-state index in [9.17, 15) is 15.3 Å². The van der Waals surface area contributed by atoms with Crippen molar-refractivity contribution in [3.05, 3.63) is 0 Å². The second-order valence-corrected chi connectivity index (χ2v) is 3.54. The summed E-state index contributed by atoms with van der Waals surface area (Å²) < 4.78 is 9.95. The largest absolute Gasteiger partial charge is 0.387 e. The first-order valence-electron chi connectivity index (χ1n) is 4.18. The molecule has 1 heterocycles. The first-order valence-corrected chi connectivity index (χ1v) is 4.18. The smallest absolute Gasteiger partial charge is 0.186 e. The zero-order valence-electron chi connectivity index (χ0n) is 7.97. The summed E-state index contributed by atoms with van der Waals surface area (Å²) in [6.45, 7) is 3.03. The first kappa shape index (κ1) is 10.9. The fraction of sp³-hybridized carbons (Fsp3) is 1.00. The van der Waals surface area contributed by atoms with E-state index < -0.39 is 30.2 Å². The lowest BCUT2D eigenvalue weighted by Crippen LogP contribution is -2.63. The summed E-state index contributed by atoms with van der Waals surface area (Å²) in [6, 6.07) is 0. The van der Waals surface area contributed by atoms with Gasteiger partial charge in [-0.2, -0.15) is 0 Å². The molecule has 13 heavy (non-hydrogen) atoms. The van der Waals surface area contributed by atoms with Crippen molar-refractivity contribution in [2.45, 2.75) is 44.1 Å². The van der Waals surface area contributed by atoms with Gasteiger partial charge in [0.1, 0.15) is 17.8 Å². The number of aliphatic hydroxyl groups is 3. The SMILES string of the molecule is COC1OC(C)C(C)(O)C(O)C1O. The van der Waals surface area contributed by atoms with Gasteiger partial charge in [-0.3, -0.25) is 0 Å². The van der Waals surface area contributed by atoms with Gasteiger partial charge in [-0.15, -0.1) is 0 Å². The molecule has 5 nitrogen and oxygen atoms in total. The topological polar surface area (TPSA) is 79.2 Å². The zero-order valence-corrected chi connectivity index (χ0v) is 7.97. The molecule has 0 spiro atoms. The molecule has 1 rings (SSSR count). The van der Waals surface area contributed by atoms with E-state index in [1.165, 1.54) is 14.0 Å². The maximum Gasteiger partial charge on any atom is 0.186 e. The summed E-state index contributed by atoms with van der Waals surface area (Å²) in [5.74, 6) is 0. The van der Waals surface area contributed by atoms with Crippen LogP contribution in [-0.4, -0.2) is 52.6 Å². The Labute approximate surface area is 76.9 Å². The molecule has 1 fully saturated rings. The van der Waals surface area contributed by atoms with Crippen LogP contribution in [0.25, 0.3) is 0 Å². The van der Waals surface area contributed by atoms with E-state index in [1.54, 1.807) is 6.92 Å². The Morgan fingerprint density at radius 1 is 1.38 bits per heavy atom. The van der Waals surface area contributed by atoms with Crippen molar-refractivity contribution in [2.24, 2.45) is 0 Å². The van der Waals surface area contributed by atoms with Crippen LogP contribution in [0.1, 0.15) is 13.8 Å². The highest BCUT2D eigenvalue weighted by Gasteiger charge is 2.49. The van der Waals surface area contributed by atoms with Crippen molar-refractivity contribution in [2.75, 3.05) is 7.11 Å². The summed E-state index contributed by atoms with van der Waals surface area (Å²) in [5.41, 5.74) is -1.45. The molecule has 0 aromatic heterocycles. The van der Waals surface area contributed by atoms with Gasteiger partial charge in [-0.25, -0.2) is 0 Å². The highest BCUT2D eigenvalue weighted by molar-refractivity contribution is 4.96. The number of hydrogen-bond donors (Lipinski definition) is 3. The normalized spacial score (nSPS) is 52.2. The van der Waals surface area contributed by atoms with Crippen LogP contribution in [0.5, 0.6) is 0 Å². The lowest BCUT2D eigenvalue weighted by molar-refractivity contribution is -0.313. The van der Waals surface area contributed by atoms with Crippen LogP contribution in [0.4, 0.5) is 0 Å². The van der Waals surface area contributed by atoms with E-state index >= 15 is 0 Å². The number of aliphatic hydroxyl groups excluding tert-OH is 2. The Kier molecular flexibility index (Phi) is 2.94. The molecule has 5 unspecified atom stereocenters. The van der Waals surface area contributed by atoms with Gasteiger partial charge in [0, 0.05) is 7.11 Å². The van der Waals surface area contributed by atoms with Crippen LogP contribution in [0.2, 0.25) is 0 Å². The minimum absolute atomic E-state index is 0.587. The molecule has 1 aliphatic heterocycles. The van der Waals surface area contributed by atoms with Crippen LogP contribution < -0.4 is 0 Å². The average Bonchev–Trinajstić information content (AvgIpc) is 2.09. The van der Waals surface area contributed by atoms with Crippen molar-refractivity contribution in [3.63, 3.8) is 0 Å². The number of hydrogen-bond acceptors (Lipinski definition) is 5. The predicted octanol–water partition coefficient (Wildman–Crippen LogP) is -1.15. The van der Waals surface area contributed by atoms with Crippen LogP contribution >= 0.6 is 0 Å². The zero-order chi connectivity index (χ0) is 10.2. The molecule has 5 atom stereocenters. The second-order valence-electron chi connectivity index (χ2n) is 3.54. The number of rotatable bonds is 1. The lowest BCUT2D eigenvalue weighted by Gasteiger charge is -2.44. The molecule has 0 saturated carbocycles. The molecule has 1 aliphatic rings. The summed E-state index contributed by atoms with van der Waals surface area (Å²) in [5, 5.41) is 28.7. The molecular weight excluding hydrogens is 176 g/mol. The van der Waals surface area contributed by atoms with E-state index in [1.807, 2.05) is 0 Å². The van der Waals surface area contributed by atoms with Crippen LogP contribution in [0.15, 0.2) is 0 Å². The maximum absolute atomic E-state index is 9.70. The summed E-state index contributed by atoms with van der Waals surface area (Å²) in [7, 11) is 1.37. The fourth-order valence-corrected chi connectivity index (χ4v) is 1.35. The van der Waals surface area contributed by atoms with Gasteiger partial charge < -0.3 is 24.8 Å². The molecular formula is C8H16O5. The third-order valence-electron chi connectivity index (χ3n) is 2.59. The third-order valence-corrected chi connectivity index (χ3v) is 2.59. The van der Waals surface area contributed by atoms with Gasteiger partial charge in [0.25, 0.3) is 0 Å². The maximum atomic E-state index is 9.70. The molecule has 0 radical (unpaired) electrons. The van der Waals surface area contributed by atoms with E-state index in [0.717, 1.165) is 0 Å². The van der Waals surface area contributed by atoms with Crippen molar-refractivity contribution in [1.82, 2.24) is 0 Å². The lowest BCUT2D eigenvalue weighted by atomic mass is 9.87. The Bertz CT molecular complexity index is 181. The molecule has 0 amide bonds. The van der Waals surface area contributed by atoms with Gasteiger partial charge in [0.05, 0.1) is 6.10 Å². The quantitative estimate of drug-likeness (QED) is 0.489. The molecule has 3 N–H and O–H groups in total. The fourth-order valence-electron chi connectivity index (χ4n) is 1.35. The molecule has 0 aromatic carbocycles. The van der Waals surface area contributed by atoms with Gasteiger partial charge in [0.15, 0.2) is 6.29 Å². The van der Waals surface area contributed by atoms with E-state index in [-0.39, 0.29) is 0 Å². The Morgan fingerprint density at radius 2 is 1.92 bits per heavy atom. The van der Waals surface area contributed by atoms with Gasteiger partial charge >= 0.3 is 0 Å². The minimum Gasteiger partial charge on any atom is -0.387 e. The van der Waals surface area contributed by atoms with Crippen molar-refractivity contribution in [1.29, 1.82) is 0 Å². The van der Waals surface area contributed by atoms with Crippen molar-refractivity contribution >= 4 is 0 Å². The summed E-state index contributed by atoms with van der Waals surface area (Å²) in [6.07, 6.45) is -3.96. The summed E-state index contributed by atoms with van der Waals surface area (Å²) in [4.78, 5) is 0. The number of ether oxygens (including phenoxy) is 2. The van der Waals surface area contributed by atoms with E-state index in [2.05, 4.69) is 0 Å². The molecule has 0 aromatic rings. The Hall–Kier alpha value is -0.200. The van der Waals surface area contributed by atoms with Crippen LogP contribution in [-0.2, 0) is 9.47 Å². The number of methoxy groups -OCH3 is 1. The molecule has 0 bridgehead atoms. The highest BCUT2D eigenvalue weighted by Crippen LogP contribution is 2.29. The molecule has 1 saturated heterocycles. The van der Waals surface area contributed by atoms with Crippen molar-refractivity contribution < 1.29 is 24.8 Å². The third kappa shape index (κ3) is 1.70. The van der Waals surface area contributed by atoms with E-state index in [4.69, 9.17) is 9.47 Å².